The number of amides is 2. The van der Waals surface area contributed by atoms with Crippen molar-refractivity contribution in [2.45, 2.75) is 45.9 Å². The fourth-order valence-corrected chi connectivity index (χ4v) is 6.41. The van der Waals surface area contributed by atoms with Crippen molar-refractivity contribution in [2.24, 2.45) is 5.73 Å². The van der Waals surface area contributed by atoms with Gasteiger partial charge < -0.3 is 29.8 Å². The predicted molar refractivity (Wildman–Crippen MR) is 163 cm³/mol. The maximum atomic E-state index is 14.1. The highest BCUT2D eigenvalue weighted by Crippen LogP contribution is 2.37. The number of rotatable bonds is 6. The third-order valence-electron chi connectivity index (χ3n) is 8.63. The molecule has 6 heterocycles. The maximum Gasteiger partial charge on any atom is 0.299 e. The second-order valence-electron chi connectivity index (χ2n) is 11.7. The molecule has 13 nitrogen and oxygen atoms in total. The molecule has 1 saturated heterocycles. The van der Waals surface area contributed by atoms with E-state index in [0.29, 0.717) is 67.6 Å². The fraction of sp³-hybridized carbons (Fsp3) is 0.355. The molecule has 2 aliphatic rings. The number of H-pyrrole nitrogens is 1. The van der Waals surface area contributed by atoms with Gasteiger partial charge in [-0.1, -0.05) is 19.1 Å². The summed E-state index contributed by atoms with van der Waals surface area (Å²) in [7, 11) is 0. The van der Waals surface area contributed by atoms with Gasteiger partial charge in [-0.05, 0) is 49.6 Å². The lowest BCUT2D eigenvalue weighted by Gasteiger charge is -2.36. The van der Waals surface area contributed by atoms with Crippen LogP contribution in [0, 0.1) is 0 Å². The zero-order valence-electron chi connectivity index (χ0n) is 24.8. The maximum absolute atomic E-state index is 14.1. The van der Waals surface area contributed by atoms with E-state index in [-0.39, 0.29) is 29.4 Å². The van der Waals surface area contributed by atoms with E-state index in [2.05, 4.69) is 15.1 Å². The summed E-state index contributed by atoms with van der Waals surface area (Å²) < 4.78 is 8.87. The Morgan fingerprint density at radius 2 is 1.91 bits per heavy atom. The van der Waals surface area contributed by atoms with Gasteiger partial charge in [0, 0.05) is 49.5 Å². The van der Waals surface area contributed by atoms with E-state index < -0.39 is 5.91 Å². The van der Waals surface area contributed by atoms with E-state index in [4.69, 9.17) is 15.5 Å². The fourth-order valence-electron chi connectivity index (χ4n) is 6.41. The van der Waals surface area contributed by atoms with Gasteiger partial charge in [0.15, 0.2) is 11.5 Å². The average molecular weight is 596 g/mol. The summed E-state index contributed by atoms with van der Waals surface area (Å²) in [4.78, 5) is 55.6. The number of hydrogen-bond donors (Lipinski definition) is 2. The number of benzene rings is 1. The second kappa shape index (κ2) is 10.3. The number of primary amides is 1. The third-order valence-corrected chi connectivity index (χ3v) is 8.63. The van der Waals surface area contributed by atoms with Crippen LogP contribution in [0.15, 0.2) is 47.5 Å². The lowest BCUT2D eigenvalue weighted by Crippen LogP contribution is -2.51. The molecular formula is C31H33N9O4. The van der Waals surface area contributed by atoms with Gasteiger partial charge in [-0.15, -0.1) is 5.10 Å². The van der Waals surface area contributed by atoms with Crippen LogP contribution < -0.4 is 16.2 Å². The first kappa shape index (κ1) is 27.8. The molecule has 0 radical (unpaired) electrons. The topological polar surface area (TPSA) is 157 Å². The molecule has 2 aliphatic heterocycles. The van der Waals surface area contributed by atoms with Crippen LogP contribution in [0.2, 0.25) is 0 Å². The first-order valence-electron chi connectivity index (χ1n) is 14.7. The van der Waals surface area contributed by atoms with E-state index in [1.54, 1.807) is 21.9 Å². The minimum Gasteiger partial charge on any atom is -0.368 e. The van der Waals surface area contributed by atoms with E-state index in [9.17, 15) is 14.4 Å². The lowest BCUT2D eigenvalue weighted by atomic mass is 9.94. The van der Waals surface area contributed by atoms with Crippen molar-refractivity contribution in [1.82, 2.24) is 34.0 Å². The molecule has 0 atom stereocenters. The van der Waals surface area contributed by atoms with Crippen LogP contribution in [0.1, 0.15) is 48.1 Å². The number of carbonyl (C=O) groups is 2. The van der Waals surface area contributed by atoms with Gasteiger partial charge in [-0.3, -0.25) is 14.4 Å². The normalized spacial score (nSPS) is 16.2. The number of pyridine rings is 1. The summed E-state index contributed by atoms with van der Waals surface area (Å²) in [6, 6.07) is 9.68. The summed E-state index contributed by atoms with van der Waals surface area (Å²) >= 11 is 0. The molecule has 4 aromatic heterocycles. The van der Waals surface area contributed by atoms with Crippen LogP contribution >= 0.6 is 0 Å². The zero-order valence-corrected chi connectivity index (χ0v) is 24.8. The number of aromatic amines is 1. The number of nitrogens with one attached hydrogen (secondary N) is 1. The molecule has 0 bridgehead atoms. The van der Waals surface area contributed by atoms with Crippen LogP contribution in [0.25, 0.3) is 28.1 Å². The molecule has 1 fully saturated rings. The lowest BCUT2D eigenvalue weighted by molar-refractivity contribution is -0.118. The third kappa shape index (κ3) is 4.42. The number of anilines is 1. The quantitative estimate of drug-likeness (QED) is 0.303. The van der Waals surface area contributed by atoms with Crippen LogP contribution in [0.5, 0.6) is 0 Å². The Balaban J connectivity index is 1.25. The van der Waals surface area contributed by atoms with Gasteiger partial charge in [-0.25, -0.2) is 4.98 Å². The number of aromatic nitrogens is 6. The molecule has 2 amide bonds. The molecule has 13 heteroatoms. The molecule has 226 valence electrons. The summed E-state index contributed by atoms with van der Waals surface area (Å²) in [6.07, 6.45) is 3.88. The van der Waals surface area contributed by atoms with Crippen molar-refractivity contribution in [3.8, 4) is 11.4 Å². The van der Waals surface area contributed by atoms with E-state index in [1.165, 1.54) is 4.52 Å². The van der Waals surface area contributed by atoms with Crippen molar-refractivity contribution in [1.29, 1.82) is 0 Å². The van der Waals surface area contributed by atoms with Gasteiger partial charge >= 0.3 is 0 Å². The number of nitrogens with zero attached hydrogens (tertiary/aromatic N) is 7. The zero-order chi connectivity index (χ0) is 30.7. The van der Waals surface area contributed by atoms with Gasteiger partial charge in [-0.2, -0.15) is 9.50 Å². The largest absolute Gasteiger partial charge is 0.368 e. The molecule has 1 aromatic carbocycles. The van der Waals surface area contributed by atoms with Gasteiger partial charge in [0.25, 0.3) is 11.5 Å². The van der Waals surface area contributed by atoms with E-state index in [0.717, 1.165) is 22.1 Å². The Morgan fingerprint density at radius 1 is 1.11 bits per heavy atom. The number of carbonyl (C=O) groups excluding carboxylic acids is 2. The molecule has 0 unspecified atom stereocenters. The van der Waals surface area contributed by atoms with Crippen molar-refractivity contribution >= 4 is 34.2 Å². The van der Waals surface area contributed by atoms with Crippen LogP contribution in [0.4, 0.5) is 5.69 Å². The molecule has 44 heavy (non-hydrogen) atoms. The number of fused-ring (bicyclic) bond motifs is 3. The Kier molecular flexibility index (Phi) is 6.50. The van der Waals surface area contributed by atoms with Crippen molar-refractivity contribution in [3.63, 3.8) is 0 Å². The number of nitrogens with two attached hydrogens (primary N) is 1. The highest BCUT2D eigenvalue weighted by Gasteiger charge is 2.32. The van der Waals surface area contributed by atoms with Crippen molar-refractivity contribution in [2.75, 3.05) is 31.1 Å². The first-order valence-corrected chi connectivity index (χ1v) is 14.7. The molecule has 0 aliphatic carbocycles. The molecule has 7 rings (SSSR count). The smallest absolute Gasteiger partial charge is 0.299 e. The van der Waals surface area contributed by atoms with E-state index in [1.807, 2.05) is 56.0 Å². The molecular weight excluding hydrogens is 562 g/mol. The molecule has 0 saturated carbocycles. The minimum absolute atomic E-state index is 0.158. The Morgan fingerprint density at radius 3 is 2.66 bits per heavy atom. The highest BCUT2D eigenvalue weighted by atomic mass is 16.5. The van der Waals surface area contributed by atoms with Crippen molar-refractivity contribution in [3.05, 3.63) is 75.6 Å². The number of hydrogen-bond acceptors (Lipinski definition) is 8. The summed E-state index contributed by atoms with van der Waals surface area (Å²) in [5, 5.41) is 5.54. The summed E-state index contributed by atoms with van der Waals surface area (Å²) in [5.41, 5.74) is 10.0. The van der Waals surface area contributed by atoms with Gasteiger partial charge in [0.1, 0.15) is 12.2 Å². The number of ether oxygens (including phenoxy) is 1. The van der Waals surface area contributed by atoms with Crippen molar-refractivity contribution < 1.29 is 14.3 Å². The second-order valence-corrected chi connectivity index (χ2v) is 11.7. The Bertz CT molecular complexity index is 2010. The Hall–Kier alpha value is -5.04. The van der Waals surface area contributed by atoms with Gasteiger partial charge in [0.05, 0.1) is 23.4 Å². The van der Waals surface area contributed by atoms with E-state index >= 15 is 0 Å². The van der Waals surface area contributed by atoms with Crippen LogP contribution in [-0.4, -0.2) is 72.0 Å². The molecule has 0 spiro atoms. The first-order chi connectivity index (χ1) is 21.2. The summed E-state index contributed by atoms with van der Waals surface area (Å²) in [6.45, 7) is 7.92. The Labute approximate surface area is 252 Å². The molecule has 5 aromatic rings. The standard InChI is InChI=1S/C31H33N9O4/c1-4-22-26(37-11-13-38(14-12-37)28(42)25-24-18(7-9-33-24)8-10-34-25)29(43)40-30(39(22)16-23(32)41)35-27(36-40)19-5-6-21-20(15-19)17-44-31(21,2)3/h5-10,15,33H,4,11-14,16-17H2,1-3H3,(H2,32,41). The average Bonchev–Trinajstić information content (AvgIpc) is 3.75. The minimum atomic E-state index is -0.556. The number of piperazine rings is 1. The monoisotopic (exact) mass is 595 g/mol. The highest BCUT2D eigenvalue weighted by molar-refractivity contribution is 6.03. The summed E-state index contributed by atoms with van der Waals surface area (Å²) in [5.74, 6) is -0.105. The molecule has 3 N–H and O–H groups in total. The predicted octanol–water partition coefficient (Wildman–Crippen LogP) is 2.21. The SMILES string of the molecule is CCc1c(N2CCN(C(=O)c3nccc4cc[nH]c34)CC2)c(=O)n2nc(-c3ccc4c(c3)COC4(C)C)nc2n1CC(N)=O. The van der Waals surface area contributed by atoms with Crippen LogP contribution in [-0.2, 0) is 34.7 Å². The van der Waals surface area contributed by atoms with Gasteiger partial charge in [0.2, 0.25) is 11.7 Å². The van der Waals surface area contributed by atoms with Crippen LogP contribution in [0.3, 0.4) is 0 Å².